The number of hydrogen-bond acceptors (Lipinski definition) is 2. The molecule has 1 N–H and O–H groups in total. The summed E-state index contributed by atoms with van der Waals surface area (Å²) in [4.78, 5) is 26.9. The average Bonchev–Trinajstić information content (AvgIpc) is 2.85. The second-order valence-corrected chi connectivity index (χ2v) is 5.61. The molecule has 106 valence electrons. The molecule has 0 bridgehead atoms. The van der Waals surface area contributed by atoms with Crippen molar-refractivity contribution in [2.75, 3.05) is 6.54 Å². The van der Waals surface area contributed by atoms with Crippen molar-refractivity contribution in [3.05, 3.63) is 12.2 Å². The maximum atomic E-state index is 12.8. The highest BCUT2D eigenvalue weighted by atomic mass is 16.2. The standard InChI is InChI=1S/C15H24N2O2/c1-3-5-11-17-12(8-4-2)13(18)16-15(14(17)19)9-6-7-10-15/h3,5,12H,4,6-11H2,1-2H3,(H,16,18)/b5-3+. The molecule has 0 radical (unpaired) electrons. The molecule has 0 aromatic rings. The smallest absolute Gasteiger partial charge is 0.249 e. The zero-order chi connectivity index (χ0) is 13.9. The Kier molecular flexibility index (Phi) is 4.27. The Bertz CT molecular complexity index is 384. The lowest BCUT2D eigenvalue weighted by atomic mass is 9.89. The summed E-state index contributed by atoms with van der Waals surface area (Å²) in [6, 6.07) is -0.292. The summed E-state index contributed by atoms with van der Waals surface area (Å²) in [5.74, 6) is 0.161. The van der Waals surface area contributed by atoms with Gasteiger partial charge >= 0.3 is 0 Å². The van der Waals surface area contributed by atoms with Crippen LogP contribution in [0.25, 0.3) is 0 Å². The fourth-order valence-electron chi connectivity index (χ4n) is 3.24. The van der Waals surface area contributed by atoms with Crippen molar-refractivity contribution in [1.29, 1.82) is 0 Å². The van der Waals surface area contributed by atoms with E-state index in [0.29, 0.717) is 6.54 Å². The first-order chi connectivity index (χ1) is 9.14. The molecule has 1 saturated heterocycles. The number of hydrogen-bond donors (Lipinski definition) is 1. The van der Waals surface area contributed by atoms with Crippen LogP contribution in [0, 0.1) is 0 Å². The van der Waals surface area contributed by atoms with Crippen molar-refractivity contribution >= 4 is 11.8 Å². The van der Waals surface area contributed by atoms with Crippen molar-refractivity contribution in [3.8, 4) is 0 Å². The summed E-state index contributed by atoms with van der Waals surface area (Å²) >= 11 is 0. The van der Waals surface area contributed by atoms with E-state index in [1.807, 2.05) is 26.0 Å². The maximum Gasteiger partial charge on any atom is 0.249 e. The van der Waals surface area contributed by atoms with Crippen molar-refractivity contribution in [2.24, 2.45) is 0 Å². The summed E-state index contributed by atoms with van der Waals surface area (Å²) < 4.78 is 0. The molecule has 1 heterocycles. The van der Waals surface area contributed by atoms with E-state index in [1.54, 1.807) is 4.90 Å². The molecule has 2 fully saturated rings. The van der Waals surface area contributed by atoms with E-state index in [-0.39, 0.29) is 17.9 Å². The first-order valence-electron chi connectivity index (χ1n) is 7.39. The molecule has 2 aliphatic rings. The Morgan fingerprint density at radius 2 is 2.05 bits per heavy atom. The number of allylic oxidation sites excluding steroid dienone is 1. The van der Waals surface area contributed by atoms with Gasteiger partial charge in [-0.15, -0.1) is 0 Å². The second kappa shape index (κ2) is 5.76. The number of nitrogens with zero attached hydrogens (tertiary/aromatic N) is 1. The molecular formula is C15H24N2O2. The van der Waals surface area contributed by atoms with Crippen LogP contribution in [0.15, 0.2) is 12.2 Å². The van der Waals surface area contributed by atoms with Crippen LogP contribution < -0.4 is 5.32 Å². The summed E-state index contributed by atoms with van der Waals surface area (Å²) in [6.45, 7) is 4.54. The molecule has 1 unspecified atom stereocenters. The van der Waals surface area contributed by atoms with E-state index < -0.39 is 5.54 Å². The minimum atomic E-state index is -0.594. The van der Waals surface area contributed by atoms with Crippen LogP contribution in [0.3, 0.4) is 0 Å². The predicted molar refractivity (Wildman–Crippen MR) is 74.6 cm³/mol. The Labute approximate surface area is 115 Å². The van der Waals surface area contributed by atoms with Crippen LogP contribution in [0.4, 0.5) is 0 Å². The Balaban J connectivity index is 2.24. The summed E-state index contributed by atoms with van der Waals surface area (Å²) in [7, 11) is 0. The van der Waals surface area contributed by atoms with Crippen molar-refractivity contribution in [2.45, 2.75) is 64.0 Å². The third-order valence-electron chi connectivity index (χ3n) is 4.27. The minimum Gasteiger partial charge on any atom is -0.340 e. The zero-order valence-corrected chi connectivity index (χ0v) is 11.9. The molecule has 1 aliphatic heterocycles. The van der Waals surface area contributed by atoms with Crippen molar-refractivity contribution in [3.63, 3.8) is 0 Å². The van der Waals surface area contributed by atoms with Gasteiger partial charge in [0.05, 0.1) is 0 Å². The lowest BCUT2D eigenvalue weighted by Crippen LogP contribution is -2.69. The maximum absolute atomic E-state index is 12.8. The fourth-order valence-corrected chi connectivity index (χ4v) is 3.24. The topological polar surface area (TPSA) is 49.4 Å². The zero-order valence-electron chi connectivity index (χ0n) is 11.9. The van der Waals surface area contributed by atoms with Crippen molar-refractivity contribution in [1.82, 2.24) is 10.2 Å². The molecule has 19 heavy (non-hydrogen) atoms. The van der Waals surface area contributed by atoms with Crippen LogP contribution >= 0.6 is 0 Å². The van der Waals surface area contributed by atoms with E-state index in [0.717, 1.165) is 38.5 Å². The van der Waals surface area contributed by atoms with Crippen LogP contribution in [0.1, 0.15) is 52.4 Å². The van der Waals surface area contributed by atoms with Gasteiger partial charge in [0.25, 0.3) is 0 Å². The highest BCUT2D eigenvalue weighted by molar-refractivity contribution is 6.00. The quantitative estimate of drug-likeness (QED) is 0.790. The predicted octanol–water partition coefficient (Wildman–Crippen LogP) is 2.00. The molecule has 1 spiro atoms. The molecule has 1 saturated carbocycles. The fraction of sp³-hybridized carbons (Fsp3) is 0.733. The van der Waals surface area contributed by atoms with Gasteiger partial charge in [0.15, 0.2) is 0 Å². The van der Waals surface area contributed by atoms with Crippen LogP contribution in [-0.2, 0) is 9.59 Å². The Hall–Kier alpha value is -1.32. The Morgan fingerprint density at radius 3 is 2.63 bits per heavy atom. The minimum absolute atomic E-state index is 0.0350. The van der Waals surface area contributed by atoms with Gasteiger partial charge in [-0.3, -0.25) is 9.59 Å². The molecule has 1 atom stereocenters. The number of amides is 2. The van der Waals surface area contributed by atoms with Gasteiger partial charge in [-0.25, -0.2) is 0 Å². The van der Waals surface area contributed by atoms with Gasteiger partial charge < -0.3 is 10.2 Å². The highest BCUT2D eigenvalue weighted by Crippen LogP contribution is 2.35. The number of nitrogens with one attached hydrogen (secondary N) is 1. The van der Waals surface area contributed by atoms with Gasteiger partial charge in [0, 0.05) is 6.54 Å². The first kappa shape index (κ1) is 14.1. The van der Waals surface area contributed by atoms with Gasteiger partial charge in [0.2, 0.25) is 11.8 Å². The molecule has 0 aromatic carbocycles. The normalized spacial score (nSPS) is 26.4. The number of rotatable bonds is 4. The third kappa shape index (κ3) is 2.53. The van der Waals surface area contributed by atoms with E-state index in [9.17, 15) is 9.59 Å². The number of carbonyl (C=O) groups excluding carboxylic acids is 2. The van der Waals surface area contributed by atoms with E-state index in [4.69, 9.17) is 0 Å². The molecule has 2 rings (SSSR count). The monoisotopic (exact) mass is 264 g/mol. The van der Waals surface area contributed by atoms with Gasteiger partial charge in [0.1, 0.15) is 11.6 Å². The number of piperazine rings is 1. The SMILES string of the molecule is C/C=C/CN1C(=O)C2(CCCC2)NC(=O)C1CCC. The second-order valence-electron chi connectivity index (χ2n) is 5.61. The summed E-state index contributed by atoms with van der Waals surface area (Å²) in [5.41, 5.74) is -0.594. The van der Waals surface area contributed by atoms with Crippen molar-refractivity contribution < 1.29 is 9.59 Å². The summed E-state index contributed by atoms with van der Waals surface area (Å²) in [6.07, 6.45) is 9.19. The molecule has 4 heteroatoms. The van der Waals surface area contributed by atoms with E-state index in [1.165, 1.54) is 0 Å². The molecule has 4 nitrogen and oxygen atoms in total. The molecule has 1 aliphatic carbocycles. The van der Waals surface area contributed by atoms with Crippen LogP contribution in [0.5, 0.6) is 0 Å². The van der Waals surface area contributed by atoms with Crippen LogP contribution in [0.2, 0.25) is 0 Å². The molecule has 2 amide bonds. The number of carbonyl (C=O) groups is 2. The lowest BCUT2D eigenvalue weighted by molar-refractivity contribution is -0.154. The first-order valence-corrected chi connectivity index (χ1v) is 7.39. The molecular weight excluding hydrogens is 240 g/mol. The van der Waals surface area contributed by atoms with E-state index in [2.05, 4.69) is 5.32 Å². The highest BCUT2D eigenvalue weighted by Gasteiger charge is 2.51. The average molecular weight is 264 g/mol. The summed E-state index contributed by atoms with van der Waals surface area (Å²) in [5, 5.41) is 3.03. The third-order valence-corrected chi connectivity index (χ3v) is 4.27. The molecule has 0 aromatic heterocycles. The lowest BCUT2D eigenvalue weighted by Gasteiger charge is -2.44. The van der Waals surface area contributed by atoms with E-state index >= 15 is 0 Å². The van der Waals surface area contributed by atoms with Crippen LogP contribution in [-0.4, -0.2) is 34.8 Å². The largest absolute Gasteiger partial charge is 0.340 e. The van der Waals surface area contributed by atoms with Gasteiger partial charge in [-0.2, -0.15) is 0 Å². The van der Waals surface area contributed by atoms with Gasteiger partial charge in [-0.05, 0) is 26.2 Å². The van der Waals surface area contributed by atoms with Gasteiger partial charge in [-0.1, -0.05) is 38.3 Å². The Morgan fingerprint density at radius 1 is 1.37 bits per heavy atom.